The molecule has 0 bridgehead atoms. The average Bonchev–Trinajstić information content (AvgIpc) is 2.64. The van der Waals surface area contributed by atoms with Gasteiger partial charge in [0, 0.05) is 0 Å². The molecule has 0 radical (unpaired) electrons. The number of aliphatic hydroxyl groups excluding tert-OH is 1. The van der Waals surface area contributed by atoms with Crippen molar-refractivity contribution < 1.29 is 38.9 Å². The first-order chi connectivity index (χ1) is 14.4. The van der Waals surface area contributed by atoms with Gasteiger partial charge < -0.3 is 36.5 Å². The number of nitrogens with zero attached hydrogens (tertiary/aromatic N) is 1. The Hall–Kier alpha value is -2.12. The monoisotopic (exact) mass is 462 g/mol. The summed E-state index contributed by atoms with van der Waals surface area (Å²) in [5.41, 5.74) is 10.0. The van der Waals surface area contributed by atoms with Crippen LogP contribution in [0.15, 0.2) is 0 Å². The fraction of sp³-hybridized carbons (Fsp3) is 0.800. The van der Waals surface area contributed by atoms with Crippen LogP contribution in [0.1, 0.15) is 48.5 Å². The number of hydrogen-bond acceptors (Lipinski definition) is 9. The van der Waals surface area contributed by atoms with Crippen molar-refractivity contribution in [3.8, 4) is 0 Å². The van der Waals surface area contributed by atoms with E-state index in [1.54, 1.807) is 41.5 Å². The molecule has 0 heterocycles. The summed E-state index contributed by atoms with van der Waals surface area (Å²) < 4.78 is 11.0. The summed E-state index contributed by atoms with van der Waals surface area (Å²) in [6, 6.07) is -4.35. The highest BCUT2D eigenvalue weighted by Crippen LogP contribution is 2.13. The van der Waals surface area contributed by atoms with Gasteiger partial charge in [0.1, 0.15) is 12.1 Å². The van der Waals surface area contributed by atoms with Crippen LogP contribution in [0.3, 0.4) is 0 Å². The first kappa shape index (κ1) is 29.9. The van der Waals surface area contributed by atoms with Gasteiger partial charge in [-0.1, -0.05) is 0 Å². The summed E-state index contributed by atoms with van der Waals surface area (Å²) in [5.74, 6) is -4.37. The van der Waals surface area contributed by atoms with Gasteiger partial charge in [-0.15, -0.1) is 0 Å². The van der Waals surface area contributed by atoms with E-state index in [1.165, 1.54) is 6.92 Å². The molecule has 0 aliphatic rings. The molecule has 4 atom stereocenters. The summed E-state index contributed by atoms with van der Waals surface area (Å²) in [6.07, 6.45) is -1.18. The van der Waals surface area contributed by atoms with Gasteiger partial charge in [-0.05, 0) is 48.5 Å². The maximum atomic E-state index is 13.0. The number of imide groups is 1. The Labute approximate surface area is 188 Å². The van der Waals surface area contributed by atoms with Crippen molar-refractivity contribution in [2.24, 2.45) is 11.5 Å². The molecule has 0 rings (SSSR count). The normalized spacial score (nSPS) is 15.9. The average molecular weight is 463 g/mol. The smallest absolute Gasteiger partial charge is 0.329 e. The third-order valence-electron chi connectivity index (χ3n) is 4.03. The SMILES string of the molecule is C[C@H](O)[C@H](N)C(=O)NCC(=O)N(C(=O)[C@@H](N)COC(C)(C)C)[C@@H](COC(C)(C)C)C(=O)O. The largest absolute Gasteiger partial charge is 0.480 e. The third-order valence-corrected chi connectivity index (χ3v) is 4.03. The molecular formula is C20H38N4O8. The Kier molecular flexibility index (Phi) is 11.4. The van der Waals surface area contributed by atoms with Gasteiger partial charge >= 0.3 is 5.97 Å². The van der Waals surface area contributed by atoms with Crippen LogP contribution < -0.4 is 16.8 Å². The van der Waals surface area contributed by atoms with Crippen LogP contribution in [0, 0.1) is 0 Å². The van der Waals surface area contributed by atoms with E-state index in [-0.39, 0.29) is 6.61 Å². The summed E-state index contributed by atoms with van der Waals surface area (Å²) in [4.78, 5) is 50.1. The molecule has 0 aromatic rings. The van der Waals surface area contributed by atoms with Crippen LogP contribution >= 0.6 is 0 Å². The van der Waals surface area contributed by atoms with Crippen LogP contribution in [-0.2, 0) is 28.7 Å². The third kappa shape index (κ3) is 11.0. The molecule has 0 spiro atoms. The standard InChI is InChI=1S/C20H38N4O8/c1-11(25)15(22)16(27)23-8-14(26)24(13(18(29)30)10-32-20(5,6)7)17(28)12(21)9-31-19(2,3)4/h11-13,15,25H,8-10,21-22H2,1-7H3,(H,23,27)(H,29,30)/t11-,12-,13-,15-/m0/s1. The molecule has 0 aliphatic carbocycles. The van der Waals surface area contributed by atoms with Gasteiger partial charge in [-0.2, -0.15) is 0 Å². The lowest BCUT2D eigenvalue weighted by Crippen LogP contribution is -2.60. The second-order valence-electron chi connectivity index (χ2n) is 9.39. The molecule has 0 aromatic carbocycles. The van der Waals surface area contributed by atoms with Crippen LogP contribution in [0.5, 0.6) is 0 Å². The maximum absolute atomic E-state index is 13.0. The van der Waals surface area contributed by atoms with E-state index in [4.69, 9.17) is 20.9 Å². The van der Waals surface area contributed by atoms with Gasteiger partial charge in [0.25, 0.3) is 0 Å². The summed E-state index contributed by atoms with van der Waals surface area (Å²) in [5, 5.41) is 21.3. The zero-order chi connectivity index (χ0) is 25.4. The maximum Gasteiger partial charge on any atom is 0.329 e. The van der Waals surface area contributed by atoms with Crippen LogP contribution in [0.2, 0.25) is 0 Å². The molecule has 12 heteroatoms. The zero-order valence-corrected chi connectivity index (χ0v) is 19.9. The van der Waals surface area contributed by atoms with Crippen LogP contribution in [-0.4, -0.2) is 94.0 Å². The number of ether oxygens (including phenoxy) is 2. The Bertz CT molecular complexity index is 669. The number of amides is 3. The Morgan fingerprint density at radius 3 is 1.84 bits per heavy atom. The number of carboxylic acid groups (broad SMARTS) is 1. The molecule has 0 unspecified atom stereocenters. The van der Waals surface area contributed by atoms with Crippen molar-refractivity contribution in [2.75, 3.05) is 19.8 Å². The molecule has 0 aliphatic heterocycles. The number of nitrogens with two attached hydrogens (primary N) is 2. The van der Waals surface area contributed by atoms with E-state index in [0.717, 1.165) is 0 Å². The number of nitrogens with one attached hydrogen (secondary N) is 1. The topological polar surface area (TPSA) is 195 Å². The second-order valence-corrected chi connectivity index (χ2v) is 9.39. The van der Waals surface area contributed by atoms with Gasteiger partial charge in [0.2, 0.25) is 17.7 Å². The minimum atomic E-state index is -1.70. The van der Waals surface area contributed by atoms with Gasteiger partial charge in [-0.25, -0.2) is 4.79 Å². The molecule has 186 valence electrons. The molecule has 0 fully saturated rings. The summed E-state index contributed by atoms with van der Waals surface area (Å²) in [7, 11) is 0. The fourth-order valence-electron chi connectivity index (χ4n) is 2.21. The molecule has 3 amide bonds. The van der Waals surface area contributed by atoms with E-state index in [1.807, 2.05) is 0 Å². The van der Waals surface area contributed by atoms with Crippen LogP contribution in [0.25, 0.3) is 0 Å². The molecular weight excluding hydrogens is 424 g/mol. The Morgan fingerprint density at radius 2 is 1.44 bits per heavy atom. The number of aliphatic hydroxyl groups is 1. The Balaban J connectivity index is 5.73. The van der Waals surface area contributed by atoms with Gasteiger partial charge in [-0.3, -0.25) is 19.3 Å². The van der Waals surface area contributed by atoms with E-state index in [0.29, 0.717) is 4.90 Å². The van der Waals surface area contributed by atoms with E-state index >= 15 is 0 Å². The van der Waals surface area contributed by atoms with Crippen LogP contribution in [0.4, 0.5) is 0 Å². The number of aliphatic carboxylic acids is 1. The first-order valence-electron chi connectivity index (χ1n) is 10.2. The second kappa shape index (κ2) is 12.2. The number of carbonyl (C=O) groups excluding carboxylic acids is 3. The highest BCUT2D eigenvalue weighted by atomic mass is 16.5. The lowest BCUT2D eigenvalue weighted by molar-refractivity contribution is -0.164. The van der Waals surface area contributed by atoms with E-state index in [2.05, 4.69) is 5.32 Å². The van der Waals surface area contributed by atoms with Crippen molar-refractivity contribution in [1.29, 1.82) is 0 Å². The van der Waals surface area contributed by atoms with Crippen molar-refractivity contribution in [3.63, 3.8) is 0 Å². The summed E-state index contributed by atoms with van der Waals surface area (Å²) in [6.45, 7) is 10.1. The van der Waals surface area contributed by atoms with E-state index in [9.17, 15) is 29.4 Å². The highest BCUT2D eigenvalue weighted by molar-refractivity contribution is 6.03. The molecule has 7 N–H and O–H groups in total. The molecule has 0 aromatic heterocycles. The van der Waals surface area contributed by atoms with Gasteiger partial charge in [0.15, 0.2) is 6.04 Å². The quantitative estimate of drug-likeness (QED) is 0.243. The first-order valence-corrected chi connectivity index (χ1v) is 10.2. The van der Waals surface area contributed by atoms with Crippen molar-refractivity contribution in [1.82, 2.24) is 10.2 Å². The zero-order valence-electron chi connectivity index (χ0n) is 19.9. The predicted octanol–water partition coefficient (Wildman–Crippen LogP) is -1.42. The number of rotatable bonds is 11. The van der Waals surface area contributed by atoms with Crippen molar-refractivity contribution >= 4 is 23.7 Å². The van der Waals surface area contributed by atoms with Crippen molar-refractivity contribution in [3.05, 3.63) is 0 Å². The van der Waals surface area contributed by atoms with Gasteiger partial charge in [0.05, 0.1) is 37.1 Å². The summed E-state index contributed by atoms with van der Waals surface area (Å²) >= 11 is 0. The number of carboxylic acids is 1. The fourth-order valence-corrected chi connectivity index (χ4v) is 2.21. The molecule has 12 nitrogen and oxygen atoms in total. The molecule has 32 heavy (non-hydrogen) atoms. The Morgan fingerprint density at radius 1 is 0.969 bits per heavy atom. The highest BCUT2D eigenvalue weighted by Gasteiger charge is 2.38. The minimum Gasteiger partial charge on any atom is -0.480 e. The lowest BCUT2D eigenvalue weighted by atomic mass is 10.1. The van der Waals surface area contributed by atoms with E-state index < -0.39 is 72.3 Å². The minimum absolute atomic E-state index is 0.266. The lowest BCUT2D eigenvalue weighted by Gasteiger charge is -2.32. The molecule has 0 saturated heterocycles. The number of carbonyl (C=O) groups is 4. The van der Waals surface area contributed by atoms with Crippen molar-refractivity contribution in [2.45, 2.75) is 83.9 Å². The predicted molar refractivity (Wildman–Crippen MR) is 115 cm³/mol. The number of hydrogen-bond donors (Lipinski definition) is 5. The molecule has 0 saturated carbocycles.